The third-order valence-corrected chi connectivity index (χ3v) is 12.5. The van der Waals surface area contributed by atoms with Gasteiger partial charge < -0.3 is 0 Å². The summed E-state index contributed by atoms with van der Waals surface area (Å²) in [5.41, 5.74) is 5.43. The molecule has 0 atom stereocenters. The van der Waals surface area contributed by atoms with Gasteiger partial charge in [0.1, 0.15) is 0 Å². The molecule has 3 aromatic rings. The number of alkyl halides is 2. The third kappa shape index (κ3) is 5.90. The van der Waals surface area contributed by atoms with Crippen LogP contribution in [0.2, 0.25) is 0 Å². The van der Waals surface area contributed by atoms with Crippen molar-refractivity contribution in [3.63, 3.8) is 0 Å². The molecule has 6 heteroatoms. The zero-order chi connectivity index (χ0) is 23.3. The van der Waals surface area contributed by atoms with Gasteiger partial charge >= 0.3 is 204 Å². The minimum atomic E-state index is -1.50. The molecule has 33 heavy (non-hydrogen) atoms. The molecule has 0 aliphatic carbocycles. The van der Waals surface area contributed by atoms with Gasteiger partial charge in [-0.1, -0.05) is 0 Å². The number of imidazole rings is 1. The molecule has 1 aliphatic rings. The summed E-state index contributed by atoms with van der Waals surface area (Å²) in [4.78, 5) is 4.34. The number of nitrogens with one attached hydrogen (secondary N) is 1. The number of hydrogen-bond acceptors (Lipinski definition) is 4. The van der Waals surface area contributed by atoms with E-state index in [1.165, 1.54) is 11.1 Å². The zero-order valence-electron chi connectivity index (χ0n) is 19.1. The Morgan fingerprint density at radius 1 is 1.18 bits per heavy atom. The molecule has 0 bridgehead atoms. The van der Waals surface area contributed by atoms with Crippen molar-refractivity contribution in [3.8, 4) is 6.07 Å². The van der Waals surface area contributed by atoms with Gasteiger partial charge in [-0.25, -0.2) is 0 Å². The molecule has 5 nitrogen and oxygen atoms in total. The van der Waals surface area contributed by atoms with Gasteiger partial charge in [0.05, 0.1) is 0 Å². The summed E-state index contributed by atoms with van der Waals surface area (Å²) in [6, 6.07) is 18.4. The van der Waals surface area contributed by atoms with E-state index in [9.17, 15) is 5.11 Å². The first-order valence-electron chi connectivity index (χ1n) is 11.3. The number of nitrogens with zero attached hydrogens (tertiary/aromatic N) is 3. The second-order valence-electron chi connectivity index (χ2n) is 9.06. The van der Waals surface area contributed by atoms with Crippen molar-refractivity contribution in [1.82, 2.24) is 9.55 Å². The molecular weight excluding hydrogens is 523 g/mol. The number of halogens is 1. The number of nitriles is 1. The van der Waals surface area contributed by atoms with Gasteiger partial charge in [0.15, 0.2) is 0 Å². The number of aliphatic hydroxyl groups excluding tert-OH is 1. The Bertz CT molecular complexity index is 1140. The zero-order valence-corrected chi connectivity index (χ0v) is 21.3. The first kappa shape index (κ1) is 23.7. The van der Waals surface area contributed by atoms with Crippen molar-refractivity contribution >= 4 is 23.5 Å². The Balaban J connectivity index is 1.35. The second-order valence-corrected chi connectivity index (χ2v) is 15.1. The predicted molar refractivity (Wildman–Crippen MR) is 141 cm³/mol. The maximum atomic E-state index is 10.2. The first-order chi connectivity index (χ1) is 16.0. The number of aliphatic hydroxyl groups is 1. The van der Waals surface area contributed by atoms with Crippen LogP contribution in [0.25, 0.3) is 0 Å². The monoisotopic (exact) mass is 554 g/mol. The molecule has 0 unspecified atom stereocenters. The van der Waals surface area contributed by atoms with Gasteiger partial charge in [-0.15, -0.1) is 0 Å². The minimum absolute atomic E-state index is 0.0284. The molecule has 0 amide bonds. The normalized spacial score (nSPS) is 16.3. The van der Waals surface area contributed by atoms with E-state index in [0.29, 0.717) is 18.5 Å². The predicted octanol–water partition coefficient (Wildman–Crippen LogP) is 5.15. The summed E-state index contributed by atoms with van der Waals surface area (Å²) in [6.45, 7) is 3.05. The fourth-order valence-electron chi connectivity index (χ4n) is 4.50. The molecule has 4 rings (SSSR count). The van der Waals surface area contributed by atoms with Crippen LogP contribution in [0.1, 0.15) is 40.8 Å². The Morgan fingerprint density at radius 2 is 1.94 bits per heavy atom. The molecule has 2 heterocycles. The number of benzene rings is 2. The number of aryl methyl sites for hydroxylation is 1. The van der Waals surface area contributed by atoms with Gasteiger partial charge in [-0.3, -0.25) is 0 Å². The van der Waals surface area contributed by atoms with Crippen molar-refractivity contribution < 1.29 is 5.11 Å². The van der Waals surface area contributed by atoms with Gasteiger partial charge in [-0.2, -0.15) is 0 Å². The summed E-state index contributed by atoms with van der Waals surface area (Å²) in [6.07, 6.45) is 7.37. The topological polar surface area (TPSA) is 85.7 Å². The van der Waals surface area contributed by atoms with Crippen LogP contribution in [0.15, 0.2) is 61.1 Å². The summed E-state index contributed by atoms with van der Waals surface area (Å²) in [5.74, 6) is 0. The van der Waals surface area contributed by atoms with E-state index >= 15 is 0 Å². The summed E-state index contributed by atoms with van der Waals surface area (Å²) < 4.78 is 5.26. The molecule has 0 spiro atoms. The summed E-state index contributed by atoms with van der Waals surface area (Å²) in [5, 5.41) is 28.1. The number of rotatable bonds is 8. The Labute approximate surface area is 203 Å². The molecule has 0 radical (unpaired) electrons. The first-order valence-corrected chi connectivity index (χ1v) is 15.5. The average molecular weight is 554 g/mol. The molecular formula is C27H31IN4O. The molecule has 2 aromatic carbocycles. The van der Waals surface area contributed by atoms with E-state index in [4.69, 9.17) is 10.7 Å². The molecule has 2 N–H and O–H groups in total. The molecule has 1 aliphatic heterocycles. The van der Waals surface area contributed by atoms with Crippen LogP contribution < -0.4 is 0 Å². The Morgan fingerprint density at radius 3 is 2.61 bits per heavy atom. The molecule has 1 aromatic heterocycles. The number of hydrogen-bond donors (Lipinski definition) is 2. The van der Waals surface area contributed by atoms with E-state index in [1.807, 2.05) is 36.8 Å². The van der Waals surface area contributed by atoms with Crippen molar-refractivity contribution in [2.45, 2.75) is 39.2 Å². The summed E-state index contributed by atoms with van der Waals surface area (Å²) in [7, 11) is 0. The van der Waals surface area contributed by atoms with Crippen LogP contribution in [0.5, 0.6) is 0 Å². The van der Waals surface area contributed by atoms with E-state index in [1.54, 1.807) is 0 Å². The Kier molecular flexibility index (Phi) is 7.61. The SMILES string of the molecule is Cc1cccc(CC2(CO)CCI(C(=N)Cc3cncn3Cc3ccc(C#N)cc3)CC2)c1. The van der Waals surface area contributed by atoms with Crippen LogP contribution in [0.4, 0.5) is 0 Å². The van der Waals surface area contributed by atoms with Crippen LogP contribution in [0, 0.1) is 29.1 Å². The standard InChI is InChI=1S/C27H31IN4O/c1-21-3-2-4-24(13-21)15-27(19-33)9-11-28(12-10-27)26(30)14-25-17-31-20-32(25)18-23-7-5-22(16-29)6-8-23/h2-8,13,17,20,30,33H,9-12,14-15,18-19H2,1H3. The number of aromatic nitrogens is 2. The molecule has 1 saturated heterocycles. The summed E-state index contributed by atoms with van der Waals surface area (Å²) >= 11 is -1.50. The second kappa shape index (κ2) is 10.6. The van der Waals surface area contributed by atoms with Gasteiger partial charge in [0.2, 0.25) is 0 Å². The van der Waals surface area contributed by atoms with Gasteiger partial charge in [0.25, 0.3) is 0 Å². The van der Waals surface area contributed by atoms with E-state index in [0.717, 1.165) is 43.1 Å². The van der Waals surface area contributed by atoms with Crippen molar-refractivity contribution in [2.75, 3.05) is 15.5 Å². The molecule has 172 valence electrons. The van der Waals surface area contributed by atoms with Crippen LogP contribution >= 0.6 is 19.8 Å². The van der Waals surface area contributed by atoms with Crippen molar-refractivity contribution in [1.29, 1.82) is 10.7 Å². The quantitative estimate of drug-likeness (QED) is 0.229. The van der Waals surface area contributed by atoms with Crippen molar-refractivity contribution in [3.05, 3.63) is 89.0 Å². The van der Waals surface area contributed by atoms with Gasteiger partial charge in [0, 0.05) is 0 Å². The van der Waals surface area contributed by atoms with Crippen LogP contribution in [-0.2, 0) is 19.4 Å². The molecule has 1 fully saturated rings. The Hall–Kier alpha value is -2.50. The third-order valence-electron chi connectivity index (χ3n) is 6.60. The average Bonchev–Trinajstić information content (AvgIpc) is 3.26. The van der Waals surface area contributed by atoms with Gasteiger partial charge in [-0.05, 0) is 0 Å². The van der Waals surface area contributed by atoms with E-state index < -0.39 is 19.8 Å². The van der Waals surface area contributed by atoms with E-state index in [-0.39, 0.29) is 12.0 Å². The van der Waals surface area contributed by atoms with E-state index in [2.05, 4.69) is 46.8 Å². The van der Waals surface area contributed by atoms with Crippen molar-refractivity contribution in [2.24, 2.45) is 5.41 Å². The van der Waals surface area contributed by atoms with Crippen LogP contribution in [0.3, 0.4) is 0 Å². The maximum absolute atomic E-state index is 10.2. The fraction of sp³-hybridized carbons (Fsp3) is 0.370. The fourth-order valence-corrected chi connectivity index (χ4v) is 10.9. The van der Waals surface area contributed by atoms with Crippen LogP contribution in [-0.4, -0.2) is 33.8 Å². The molecule has 0 saturated carbocycles.